The number of aryl methyl sites for hydroxylation is 1. The maximum Gasteiger partial charge on any atom is 0.220 e. The van der Waals surface area contributed by atoms with Gasteiger partial charge in [-0.1, -0.05) is 24.6 Å². The van der Waals surface area contributed by atoms with Gasteiger partial charge in [-0.05, 0) is 42.0 Å². The first-order valence-corrected chi connectivity index (χ1v) is 6.60. The second-order valence-electron chi connectivity index (χ2n) is 5.26. The normalized spacial score (nSPS) is 31.4. The van der Waals surface area contributed by atoms with Gasteiger partial charge in [-0.2, -0.15) is 0 Å². The molecular formula is C14H16ClNO. The van der Waals surface area contributed by atoms with E-state index in [2.05, 4.69) is 24.4 Å². The molecule has 0 aromatic heterocycles. The van der Waals surface area contributed by atoms with Crippen molar-refractivity contribution >= 4 is 17.5 Å². The van der Waals surface area contributed by atoms with E-state index in [0.29, 0.717) is 24.3 Å². The van der Waals surface area contributed by atoms with Crippen molar-refractivity contribution in [3.63, 3.8) is 0 Å². The van der Waals surface area contributed by atoms with Crippen LogP contribution in [0.5, 0.6) is 0 Å². The summed E-state index contributed by atoms with van der Waals surface area (Å²) in [7, 11) is 0. The number of piperidine rings is 1. The van der Waals surface area contributed by atoms with Crippen LogP contribution in [0.15, 0.2) is 18.2 Å². The summed E-state index contributed by atoms with van der Waals surface area (Å²) in [5.41, 5.74) is 2.75. The van der Waals surface area contributed by atoms with Crippen molar-refractivity contribution in [1.82, 2.24) is 5.32 Å². The summed E-state index contributed by atoms with van der Waals surface area (Å²) in [4.78, 5) is 11.6. The van der Waals surface area contributed by atoms with E-state index in [-0.39, 0.29) is 5.91 Å². The van der Waals surface area contributed by atoms with Gasteiger partial charge in [0.15, 0.2) is 0 Å². The highest BCUT2D eigenvalue weighted by Crippen LogP contribution is 2.41. The van der Waals surface area contributed by atoms with Crippen molar-refractivity contribution in [2.45, 2.75) is 38.1 Å². The molecule has 1 aromatic carbocycles. The lowest BCUT2D eigenvalue weighted by Gasteiger charge is -2.41. The van der Waals surface area contributed by atoms with E-state index in [4.69, 9.17) is 11.6 Å². The Bertz CT molecular complexity index is 471. The molecule has 90 valence electrons. The standard InChI is InChI=1S/C14H16ClNO/c1-8-6-13(17)16-12-5-2-9-7-10(15)3-4-11(9)14(8)12/h3-4,7-8,12,14H,2,5-6H2,1H3,(H,16,17). The summed E-state index contributed by atoms with van der Waals surface area (Å²) in [6, 6.07) is 6.50. The Hall–Kier alpha value is -1.02. The van der Waals surface area contributed by atoms with Gasteiger partial charge >= 0.3 is 0 Å². The lowest BCUT2D eigenvalue weighted by molar-refractivity contribution is -0.125. The number of carbonyl (C=O) groups is 1. The number of hydrogen-bond acceptors (Lipinski definition) is 1. The molecule has 2 nitrogen and oxygen atoms in total. The van der Waals surface area contributed by atoms with Gasteiger partial charge in [0.2, 0.25) is 5.91 Å². The minimum Gasteiger partial charge on any atom is -0.353 e. The van der Waals surface area contributed by atoms with Crippen molar-refractivity contribution in [3.05, 3.63) is 34.3 Å². The number of carbonyl (C=O) groups excluding carboxylic acids is 1. The molecule has 1 saturated heterocycles. The van der Waals surface area contributed by atoms with Crippen molar-refractivity contribution in [2.75, 3.05) is 0 Å². The van der Waals surface area contributed by atoms with Crippen LogP contribution in [0.1, 0.15) is 36.8 Å². The van der Waals surface area contributed by atoms with Crippen LogP contribution in [0.4, 0.5) is 0 Å². The zero-order chi connectivity index (χ0) is 12.0. The number of nitrogens with one attached hydrogen (secondary N) is 1. The smallest absolute Gasteiger partial charge is 0.220 e. The van der Waals surface area contributed by atoms with Crippen LogP contribution < -0.4 is 5.32 Å². The van der Waals surface area contributed by atoms with Crippen LogP contribution in [0.3, 0.4) is 0 Å². The molecule has 3 rings (SSSR count). The topological polar surface area (TPSA) is 29.1 Å². The largest absolute Gasteiger partial charge is 0.353 e. The van der Waals surface area contributed by atoms with Crippen LogP contribution in [-0.4, -0.2) is 11.9 Å². The molecule has 1 aromatic rings. The zero-order valence-electron chi connectivity index (χ0n) is 9.87. The van der Waals surface area contributed by atoms with Gasteiger partial charge < -0.3 is 5.32 Å². The van der Waals surface area contributed by atoms with E-state index in [9.17, 15) is 4.79 Å². The van der Waals surface area contributed by atoms with Crippen LogP contribution in [0.2, 0.25) is 5.02 Å². The van der Waals surface area contributed by atoms with Crippen molar-refractivity contribution in [2.24, 2.45) is 5.92 Å². The lowest BCUT2D eigenvalue weighted by Crippen LogP contribution is -2.49. The van der Waals surface area contributed by atoms with E-state index in [1.54, 1.807) is 0 Å². The molecule has 3 atom stereocenters. The molecule has 1 heterocycles. The maximum absolute atomic E-state index is 11.6. The number of fused-ring (bicyclic) bond motifs is 3. The third-order valence-electron chi connectivity index (χ3n) is 4.09. The van der Waals surface area contributed by atoms with Gasteiger partial charge in [-0.3, -0.25) is 4.79 Å². The van der Waals surface area contributed by atoms with E-state index >= 15 is 0 Å². The molecule has 1 aliphatic carbocycles. The van der Waals surface area contributed by atoms with Gasteiger partial charge in [-0.25, -0.2) is 0 Å². The Kier molecular flexibility index (Phi) is 2.62. The Morgan fingerprint density at radius 3 is 3.06 bits per heavy atom. The Labute approximate surface area is 106 Å². The number of halogens is 1. The van der Waals surface area contributed by atoms with Gasteiger partial charge in [0.25, 0.3) is 0 Å². The van der Waals surface area contributed by atoms with Crippen LogP contribution in [-0.2, 0) is 11.2 Å². The average molecular weight is 250 g/mol. The minimum atomic E-state index is 0.205. The Balaban J connectivity index is 2.02. The average Bonchev–Trinajstić information content (AvgIpc) is 2.28. The first-order chi connectivity index (χ1) is 8.15. The summed E-state index contributed by atoms with van der Waals surface area (Å²) in [5.74, 6) is 1.10. The van der Waals surface area contributed by atoms with Gasteiger partial charge in [0.1, 0.15) is 0 Å². The number of benzene rings is 1. The highest BCUT2D eigenvalue weighted by Gasteiger charge is 2.38. The SMILES string of the molecule is CC1CC(=O)NC2CCc3cc(Cl)ccc3C12. The number of amides is 1. The van der Waals surface area contributed by atoms with Gasteiger partial charge in [-0.15, -0.1) is 0 Å². The quantitative estimate of drug-likeness (QED) is 0.753. The summed E-state index contributed by atoms with van der Waals surface area (Å²) >= 11 is 6.04. The summed E-state index contributed by atoms with van der Waals surface area (Å²) in [5, 5.41) is 3.95. The second-order valence-corrected chi connectivity index (χ2v) is 5.70. The van der Waals surface area contributed by atoms with E-state index < -0.39 is 0 Å². The third kappa shape index (κ3) is 1.85. The van der Waals surface area contributed by atoms with E-state index in [1.807, 2.05) is 6.07 Å². The van der Waals surface area contributed by atoms with Crippen LogP contribution in [0, 0.1) is 5.92 Å². The van der Waals surface area contributed by atoms with Crippen molar-refractivity contribution in [3.8, 4) is 0 Å². The molecule has 2 aliphatic rings. The molecule has 17 heavy (non-hydrogen) atoms. The van der Waals surface area contributed by atoms with Gasteiger partial charge in [0, 0.05) is 23.4 Å². The van der Waals surface area contributed by atoms with Crippen LogP contribution >= 0.6 is 11.6 Å². The minimum absolute atomic E-state index is 0.205. The molecule has 1 fully saturated rings. The Morgan fingerprint density at radius 2 is 2.24 bits per heavy atom. The molecule has 1 N–H and O–H groups in total. The number of rotatable bonds is 0. The second kappa shape index (κ2) is 4.02. The summed E-state index contributed by atoms with van der Waals surface area (Å²) in [6.07, 6.45) is 2.70. The first kappa shape index (κ1) is 11.1. The fraction of sp³-hybridized carbons (Fsp3) is 0.500. The fourth-order valence-electron chi connectivity index (χ4n) is 3.37. The molecule has 0 bridgehead atoms. The first-order valence-electron chi connectivity index (χ1n) is 6.23. The molecule has 1 amide bonds. The summed E-state index contributed by atoms with van der Waals surface area (Å²) < 4.78 is 0. The van der Waals surface area contributed by atoms with Crippen molar-refractivity contribution in [1.29, 1.82) is 0 Å². The molecular weight excluding hydrogens is 234 g/mol. The van der Waals surface area contributed by atoms with Crippen molar-refractivity contribution < 1.29 is 4.79 Å². The summed E-state index contributed by atoms with van der Waals surface area (Å²) in [6.45, 7) is 2.18. The zero-order valence-corrected chi connectivity index (χ0v) is 10.6. The highest BCUT2D eigenvalue weighted by molar-refractivity contribution is 6.30. The maximum atomic E-state index is 11.6. The van der Waals surface area contributed by atoms with E-state index in [0.717, 1.165) is 17.9 Å². The molecule has 0 spiro atoms. The number of hydrogen-bond donors (Lipinski definition) is 1. The molecule has 1 aliphatic heterocycles. The van der Waals surface area contributed by atoms with E-state index in [1.165, 1.54) is 11.1 Å². The molecule has 0 radical (unpaired) electrons. The lowest BCUT2D eigenvalue weighted by atomic mass is 9.70. The third-order valence-corrected chi connectivity index (χ3v) is 4.32. The highest BCUT2D eigenvalue weighted by atomic mass is 35.5. The molecule has 3 unspecified atom stereocenters. The predicted molar refractivity (Wildman–Crippen MR) is 68.2 cm³/mol. The van der Waals surface area contributed by atoms with Crippen LogP contribution in [0.25, 0.3) is 0 Å². The Morgan fingerprint density at radius 1 is 1.41 bits per heavy atom. The predicted octanol–water partition coefficient (Wildman–Crippen LogP) is 2.89. The monoisotopic (exact) mass is 249 g/mol. The molecule has 0 saturated carbocycles. The fourth-order valence-corrected chi connectivity index (χ4v) is 3.57. The molecule has 3 heteroatoms. The van der Waals surface area contributed by atoms with Gasteiger partial charge in [0.05, 0.1) is 0 Å².